The van der Waals surface area contributed by atoms with Gasteiger partial charge in [-0.2, -0.15) is 0 Å². The van der Waals surface area contributed by atoms with E-state index in [0.29, 0.717) is 5.39 Å². The summed E-state index contributed by atoms with van der Waals surface area (Å²) in [5.41, 5.74) is 4.34. The molecule has 5 heteroatoms. The minimum absolute atomic E-state index is 0.0335. The van der Waals surface area contributed by atoms with Gasteiger partial charge >= 0.3 is 5.97 Å². The number of rotatable bonds is 2. The third kappa shape index (κ3) is 1.93. The first kappa shape index (κ1) is 14.4. The highest BCUT2D eigenvalue weighted by atomic mass is 16.5. The fourth-order valence-electron chi connectivity index (χ4n) is 2.84. The molecule has 0 aliphatic carbocycles. The Morgan fingerprint density at radius 3 is 2.64 bits per heavy atom. The van der Waals surface area contributed by atoms with Gasteiger partial charge in [-0.25, -0.2) is 4.79 Å². The zero-order valence-electron chi connectivity index (χ0n) is 13.1. The molecule has 2 heterocycles. The van der Waals surface area contributed by atoms with Gasteiger partial charge in [-0.05, 0) is 44.9 Å². The molecule has 0 saturated heterocycles. The van der Waals surface area contributed by atoms with Crippen LogP contribution in [0.15, 0.2) is 17.1 Å². The molecule has 5 nitrogen and oxygen atoms in total. The SMILES string of the molecule is CCOC(=O)c1c[nH]c2c(C)cc3c(C)c(C)[nH]c3c2c1=O. The summed E-state index contributed by atoms with van der Waals surface area (Å²) in [6.45, 7) is 7.89. The molecule has 0 saturated carbocycles. The maximum Gasteiger partial charge on any atom is 0.343 e. The van der Waals surface area contributed by atoms with Crippen LogP contribution in [0.2, 0.25) is 0 Å². The predicted octanol–water partition coefficient (Wildman–Crippen LogP) is 3.11. The van der Waals surface area contributed by atoms with E-state index < -0.39 is 5.97 Å². The van der Waals surface area contributed by atoms with Crippen molar-refractivity contribution < 1.29 is 9.53 Å². The van der Waals surface area contributed by atoms with Crippen LogP contribution >= 0.6 is 0 Å². The summed E-state index contributed by atoms with van der Waals surface area (Å²) in [5.74, 6) is -0.597. The lowest BCUT2D eigenvalue weighted by atomic mass is 10.0. The van der Waals surface area contributed by atoms with Crippen molar-refractivity contribution in [2.75, 3.05) is 6.61 Å². The number of esters is 1. The lowest BCUT2D eigenvalue weighted by Crippen LogP contribution is -2.18. The number of fused-ring (bicyclic) bond motifs is 3. The molecular formula is C17H18N2O3. The number of aromatic amines is 2. The van der Waals surface area contributed by atoms with Crippen molar-refractivity contribution in [1.29, 1.82) is 0 Å². The van der Waals surface area contributed by atoms with Gasteiger partial charge in [0.1, 0.15) is 5.56 Å². The Bertz CT molecular complexity index is 964. The number of H-pyrrole nitrogens is 2. The van der Waals surface area contributed by atoms with Crippen LogP contribution in [0, 0.1) is 20.8 Å². The highest BCUT2D eigenvalue weighted by Gasteiger charge is 2.18. The van der Waals surface area contributed by atoms with Crippen LogP contribution < -0.4 is 5.43 Å². The second-order valence-corrected chi connectivity index (χ2v) is 5.49. The smallest absolute Gasteiger partial charge is 0.343 e. The molecule has 114 valence electrons. The second kappa shape index (κ2) is 5.02. The normalized spacial score (nSPS) is 11.3. The van der Waals surface area contributed by atoms with Gasteiger partial charge in [-0.15, -0.1) is 0 Å². The molecule has 0 unspecified atom stereocenters. The number of carbonyl (C=O) groups excluding carboxylic acids is 1. The monoisotopic (exact) mass is 298 g/mol. The summed E-state index contributed by atoms with van der Waals surface area (Å²) in [6, 6.07) is 2.05. The molecule has 3 aromatic rings. The standard InChI is InChI=1S/C17H18N2O3/c1-5-22-17(21)12-7-18-14-8(2)6-11-9(3)10(4)19-15(11)13(14)16(12)20/h6-7,19H,5H2,1-4H3,(H,18,20). The minimum atomic E-state index is -0.597. The molecule has 0 aliphatic heterocycles. The molecule has 0 bridgehead atoms. The van der Waals surface area contributed by atoms with E-state index >= 15 is 0 Å². The predicted molar refractivity (Wildman–Crippen MR) is 86.6 cm³/mol. The van der Waals surface area contributed by atoms with Crippen LogP contribution in [0.3, 0.4) is 0 Å². The summed E-state index contributed by atoms with van der Waals surface area (Å²) in [6.07, 6.45) is 1.43. The van der Waals surface area contributed by atoms with Gasteiger partial charge in [0.2, 0.25) is 5.43 Å². The van der Waals surface area contributed by atoms with Gasteiger partial charge in [-0.1, -0.05) is 0 Å². The Morgan fingerprint density at radius 1 is 1.23 bits per heavy atom. The van der Waals surface area contributed by atoms with Crippen molar-refractivity contribution in [1.82, 2.24) is 9.97 Å². The number of ether oxygens (including phenoxy) is 1. The third-order valence-corrected chi connectivity index (χ3v) is 4.13. The van der Waals surface area contributed by atoms with Crippen molar-refractivity contribution in [2.45, 2.75) is 27.7 Å². The van der Waals surface area contributed by atoms with Crippen molar-refractivity contribution in [3.63, 3.8) is 0 Å². The Morgan fingerprint density at radius 2 is 1.95 bits per heavy atom. The fourth-order valence-corrected chi connectivity index (χ4v) is 2.84. The van der Waals surface area contributed by atoms with Gasteiger partial charge in [0.05, 0.1) is 23.0 Å². The maximum absolute atomic E-state index is 12.8. The topological polar surface area (TPSA) is 75.0 Å². The molecule has 0 radical (unpaired) electrons. The molecule has 2 aromatic heterocycles. The van der Waals surface area contributed by atoms with Crippen LogP contribution in [-0.4, -0.2) is 22.5 Å². The minimum Gasteiger partial charge on any atom is -0.462 e. The highest BCUT2D eigenvalue weighted by molar-refractivity contribution is 6.08. The van der Waals surface area contributed by atoms with Gasteiger partial charge in [0.25, 0.3) is 0 Å². The first-order valence-electron chi connectivity index (χ1n) is 7.26. The van der Waals surface area contributed by atoms with E-state index in [1.165, 1.54) is 6.20 Å². The fraction of sp³-hybridized carbons (Fsp3) is 0.294. The first-order chi connectivity index (χ1) is 10.5. The Balaban J connectivity index is 2.47. The number of hydrogen-bond acceptors (Lipinski definition) is 3. The molecular weight excluding hydrogens is 280 g/mol. The van der Waals surface area contributed by atoms with Gasteiger partial charge < -0.3 is 14.7 Å². The molecule has 0 spiro atoms. The number of pyridine rings is 1. The lowest BCUT2D eigenvalue weighted by Gasteiger charge is -2.07. The Labute approximate surface area is 127 Å². The molecule has 22 heavy (non-hydrogen) atoms. The van der Waals surface area contributed by atoms with Gasteiger partial charge in [0, 0.05) is 17.3 Å². The zero-order chi connectivity index (χ0) is 16.0. The van der Waals surface area contributed by atoms with Gasteiger partial charge in [0.15, 0.2) is 0 Å². The molecule has 1 aromatic carbocycles. The van der Waals surface area contributed by atoms with E-state index in [1.54, 1.807) is 6.92 Å². The number of nitrogens with one attached hydrogen (secondary N) is 2. The third-order valence-electron chi connectivity index (χ3n) is 4.13. The maximum atomic E-state index is 12.8. The first-order valence-corrected chi connectivity index (χ1v) is 7.26. The molecule has 3 rings (SSSR count). The summed E-state index contributed by atoms with van der Waals surface area (Å²) in [7, 11) is 0. The van der Waals surface area contributed by atoms with Crippen molar-refractivity contribution in [3.8, 4) is 0 Å². The zero-order valence-corrected chi connectivity index (χ0v) is 13.1. The molecule has 0 amide bonds. The molecule has 0 fully saturated rings. The van der Waals surface area contributed by atoms with E-state index in [2.05, 4.69) is 16.0 Å². The van der Waals surface area contributed by atoms with Crippen LogP contribution in [0.1, 0.15) is 34.1 Å². The van der Waals surface area contributed by atoms with Crippen LogP contribution in [0.4, 0.5) is 0 Å². The second-order valence-electron chi connectivity index (χ2n) is 5.49. The van der Waals surface area contributed by atoms with E-state index in [1.807, 2.05) is 20.8 Å². The average Bonchev–Trinajstić information content (AvgIpc) is 2.75. The summed E-state index contributed by atoms with van der Waals surface area (Å²) >= 11 is 0. The Hall–Kier alpha value is -2.56. The lowest BCUT2D eigenvalue weighted by molar-refractivity contribution is 0.0524. The molecule has 0 aliphatic rings. The summed E-state index contributed by atoms with van der Waals surface area (Å²) in [5, 5.41) is 1.52. The van der Waals surface area contributed by atoms with Gasteiger partial charge in [-0.3, -0.25) is 4.79 Å². The van der Waals surface area contributed by atoms with E-state index in [4.69, 9.17) is 4.74 Å². The average molecular weight is 298 g/mol. The largest absolute Gasteiger partial charge is 0.462 e. The number of benzene rings is 1. The Kier molecular flexibility index (Phi) is 3.28. The number of aromatic nitrogens is 2. The van der Waals surface area contributed by atoms with Crippen LogP contribution in [-0.2, 0) is 4.74 Å². The van der Waals surface area contributed by atoms with Crippen molar-refractivity contribution in [2.24, 2.45) is 0 Å². The number of aryl methyl sites for hydroxylation is 3. The highest BCUT2D eigenvalue weighted by Crippen LogP contribution is 2.28. The number of hydrogen-bond donors (Lipinski definition) is 2. The summed E-state index contributed by atoms with van der Waals surface area (Å²) < 4.78 is 4.96. The van der Waals surface area contributed by atoms with E-state index in [-0.39, 0.29) is 17.6 Å². The number of carbonyl (C=O) groups is 1. The van der Waals surface area contributed by atoms with Crippen LogP contribution in [0.25, 0.3) is 21.8 Å². The van der Waals surface area contributed by atoms with Crippen molar-refractivity contribution >= 4 is 27.8 Å². The molecule has 2 N–H and O–H groups in total. The van der Waals surface area contributed by atoms with Crippen molar-refractivity contribution in [3.05, 3.63) is 44.9 Å². The molecule has 0 atom stereocenters. The quantitative estimate of drug-likeness (QED) is 0.714. The summed E-state index contributed by atoms with van der Waals surface area (Å²) in [4.78, 5) is 31.1. The van der Waals surface area contributed by atoms with E-state index in [9.17, 15) is 9.59 Å². The van der Waals surface area contributed by atoms with Crippen LogP contribution in [0.5, 0.6) is 0 Å². The van der Waals surface area contributed by atoms with E-state index in [0.717, 1.165) is 33.2 Å².